The zero-order chi connectivity index (χ0) is 18.1. The van der Waals surface area contributed by atoms with Gasteiger partial charge in [0.15, 0.2) is 0 Å². The van der Waals surface area contributed by atoms with E-state index in [0.29, 0.717) is 5.56 Å². The minimum atomic E-state index is -0.00729. The molecule has 3 rings (SSSR count). The van der Waals surface area contributed by atoms with Gasteiger partial charge in [-0.15, -0.1) is 0 Å². The Morgan fingerprint density at radius 2 is 2.16 bits per heavy atom. The van der Waals surface area contributed by atoms with Crippen molar-refractivity contribution in [3.8, 4) is 5.88 Å². The van der Waals surface area contributed by atoms with Crippen LogP contribution < -0.4 is 9.64 Å². The Balaban J connectivity index is 1.94. The zero-order valence-electron chi connectivity index (χ0n) is 15.5. The Hall–Kier alpha value is -2.57. The van der Waals surface area contributed by atoms with E-state index < -0.39 is 0 Å². The van der Waals surface area contributed by atoms with E-state index in [-0.39, 0.29) is 11.9 Å². The largest absolute Gasteiger partial charge is 0.481 e. The second-order valence-corrected chi connectivity index (χ2v) is 6.59. The lowest BCUT2D eigenvalue weighted by atomic mass is 10.0. The molecule has 2 aromatic rings. The van der Waals surface area contributed by atoms with Crippen LogP contribution in [0.5, 0.6) is 5.88 Å². The number of rotatable bonds is 4. The Morgan fingerprint density at radius 3 is 2.84 bits per heavy atom. The summed E-state index contributed by atoms with van der Waals surface area (Å²) in [5, 5.41) is 4.47. The van der Waals surface area contributed by atoms with Crippen LogP contribution in [0.1, 0.15) is 40.5 Å². The van der Waals surface area contributed by atoms with Gasteiger partial charge >= 0.3 is 0 Å². The van der Waals surface area contributed by atoms with Gasteiger partial charge in [0, 0.05) is 39.4 Å². The number of ether oxygens (including phenoxy) is 1. The summed E-state index contributed by atoms with van der Waals surface area (Å²) in [7, 11) is 7.34. The predicted molar refractivity (Wildman–Crippen MR) is 96.1 cm³/mol. The molecule has 1 atom stereocenters. The number of amides is 1. The summed E-state index contributed by atoms with van der Waals surface area (Å²) in [6, 6.07) is 3.61. The lowest BCUT2D eigenvalue weighted by Crippen LogP contribution is -2.31. The zero-order valence-corrected chi connectivity index (χ0v) is 15.5. The standard InChI is InChI=1S/C18H25N5O2/c1-12-16(18(25-5)22(4)20-12)14-7-6-10-23(14)17(24)13-8-9-19-15(11-13)21(2)3/h8-9,11,14H,6-7,10H2,1-5H3/t14-/m1/s1. The van der Waals surface area contributed by atoms with Crippen molar-refractivity contribution in [2.24, 2.45) is 7.05 Å². The summed E-state index contributed by atoms with van der Waals surface area (Å²) in [5.74, 6) is 1.53. The van der Waals surface area contributed by atoms with E-state index in [1.807, 2.05) is 43.9 Å². The van der Waals surface area contributed by atoms with Gasteiger partial charge in [-0.1, -0.05) is 0 Å². The number of likely N-dealkylation sites (tertiary alicyclic amines) is 1. The molecule has 7 heteroatoms. The van der Waals surface area contributed by atoms with E-state index in [1.165, 1.54) is 0 Å². The number of aromatic nitrogens is 3. The van der Waals surface area contributed by atoms with Crippen LogP contribution in [0.4, 0.5) is 5.82 Å². The van der Waals surface area contributed by atoms with Gasteiger partial charge in [0.1, 0.15) is 5.82 Å². The van der Waals surface area contributed by atoms with E-state index >= 15 is 0 Å². The van der Waals surface area contributed by atoms with Crippen molar-refractivity contribution in [2.45, 2.75) is 25.8 Å². The SMILES string of the molecule is COc1c([C@H]2CCCN2C(=O)c2ccnc(N(C)C)c2)c(C)nn1C. The summed E-state index contributed by atoms with van der Waals surface area (Å²) >= 11 is 0. The van der Waals surface area contributed by atoms with E-state index in [9.17, 15) is 4.79 Å². The van der Waals surface area contributed by atoms with Gasteiger partial charge in [-0.3, -0.25) is 4.79 Å². The number of aryl methyl sites for hydroxylation is 2. The summed E-state index contributed by atoms with van der Waals surface area (Å²) < 4.78 is 7.28. The van der Waals surface area contributed by atoms with Crippen LogP contribution in [-0.2, 0) is 7.05 Å². The maximum absolute atomic E-state index is 13.1. The quantitative estimate of drug-likeness (QED) is 0.851. The van der Waals surface area contributed by atoms with Crippen molar-refractivity contribution < 1.29 is 9.53 Å². The number of carbonyl (C=O) groups excluding carboxylic acids is 1. The first-order valence-electron chi connectivity index (χ1n) is 8.46. The summed E-state index contributed by atoms with van der Waals surface area (Å²) in [6.07, 6.45) is 3.57. The topological polar surface area (TPSA) is 63.5 Å². The number of methoxy groups -OCH3 is 1. The monoisotopic (exact) mass is 343 g/mol. The van der Waals surface area contributed by atoms with Crippen LogP contribution in [0.2, 0.25) is 0 Å². The number of pyridine rings is 1. The van der Waals surface area contributed by atoms with E-state index in [4.69, 9.17) is 4.74 Å². The average molecular weight is 343 g/mol. The maximum atomic E-state index is 13.1. The number of hydrogen-bond donors (Lipinski definition) is 0. The molecule has 0 radical (unpaired) electrons. The molecule has 2 aromatic heterocycles. The molecule has 1 aliphatic heterocycles. The molecule has 134 valence electrons. The molecule has 1 saturated heterocycles. The van der Waals surface area contributed by atoms with Gasteiger partial charge in [-0.05, 0) is 31.9 Å². The highest BCUT2D eigenvalue weighted by Gasteiger charge is 2.35. The molecule has 3 heterocycles. The van der Waals surface area contributed by atoms with Gasteiger partial charge in [-0.2, -0.15) is 5.10 Å². The van der Waals surface area contributed by atoms with E-state index in [0.717, 1.165) is 42.3 Å². The van der Waals surface area contributed by atoms with E-state index in [2.05, 4.69) is 10.1 Å². The number of nitrogens with zero attached hydrogens (tertiary/aromatic N) is 5. The molecule has 0 unspecified atom stereocenters. The van der Waals surface area contributed by atoms with Crippen LogP contribution >= 0.6 is 0 Å². The molecule has 0 aliphatic carbocycles. The Kier molecular flexibility index (Phi) is 4.65. The molecule has 1 fully saturated rings. The Morgan fingerprint density at radius 1 is 1.40 bits per heavy atom. The van der Waals surface area contributed by atoms with Crippen molar-refractivity contribution in [1.82, 2.24) is 19.7 Å². The number of hydrogen-bond acceptors (Lipinski definition) is 5. The molecule has 0 aromatic carbocycles. The molecule has 7 nitrogen and oxygen atoms in total. The fraction of sp³-hybridized carbons (Fsp3) is 0.500. The van der Waals surface area contributed by atoms with Crippen LogP contribution in [-0.4, -0.2) is 53.3 Å². The Bertz CT molecular complexity index is 784. The minimum absolute atomic E-state index is 0.00729. The first-order valence-corrected chi connectivity index (χ1v) is 8.46. The smallest absolute Gasteiger partial charge is 0.254 e. The van der Waals surface area contributed by atoms with Crippen molar-refractivity contribution in [1.29, 1.82) is 0 Å². The van der Waals surface area contributed by atoms with Gasteiger partial charge in [0.25, 0.3) is 5.91 Å². The van der Waals surface area contributed by atoms with Crippen molar-refractivity contribution in [3.63, 3.8) is 0 Å². The number of carbonyl (C=O) groups is 1. The highest BCUT2D eigenvalue weighted by atomic mass is 16.5. The minimum Gasteiger partial charge on any atom is -0.481 e. The predicted octanol–water partition coefficient (Wildman–Crippen LogP) is 2.18. The lowest BCUT2D eigenvalue weighted by Gasteiger charge is -2.25. The normalized spacial score (nSPS) is 17.0. The molecule has 0 bridgehead atoms. The second kappa shape index (κ2) is 6.74. The van der Waals surface area contributed by atoms with Crippen LogP contribution in [0.3, 0.4) is 0 Å². The molecule has 1 amide bonds. The molecular weight excluding hydrogens is 318 g/mol. The molecular formula is C18H25N5O2. The second-order valence-electron chi connectivity index (χ2n) is 6.59. The molecule has 0 spiro atoms. The molecule has 0 N–H and O–H groups in total. The first-order chi connectivity index (χ1) is 11.9. The summed E-state index contributed by atoms with van der Waals surface area (Å²) in [4.78, 5) is 21.3. The van der Waals surface area contributed by atoms with Gasteiger partial charge in [-0.25, -0.2) is 9.67 Å². The van der Waals surface area contributed by atoms with Gasteiger partial charge in [0.05, 0.1) is 24.4 Å². The van der Waals surface area contributed by atoms with Crippen molar-refractivity contribution >= 4 is 11.7 Å². The fourth-order valence-electron chi connectivity index (χ4n) is 3.55. The molecule has 25 heavy (non-hydrogen) atoms. The van der Waals surface area contributed by atoms with Crippen LogP contribution in [0.25, 0.3) is 0 Å². The highest BCUT2D eigenvalue weighted by Crippen LogP contribution is 2.39. The van der Waals surface area contributed by atoms with Gasteiger partial charge < -0.3 is 14.5 Å². The van der Waals surface area contributed by atoms with Gasteiger partial charge in [0.2, 0.25) is 5.88 Å². The van der Waals surface area contributed by atoms with Crippen molar-refractivity contribution in [2.75, 3.05) is 32.6 Å². The highest BCUT2D eigenvalue weighted by molar-refractivity contribution is 5.95. The van der Waals surface area contributed by atoms with Crippen LogP contribution in [0.15, 0.2) is 18.3 Å². The average Bonchev–Trinajstić information content (AvgIpc) is 3.17. The Labute approximate surface area is 148 Å². The lowest BCUT2D eigenvalue weighted by molar-refractivity contribution is 0.0733. The van der Waals surface area contributed by atoms with Crippen molar-refractivity contribution in [3.05, 3.63) is 35.2 Å². The third-order valence-corrected chi connectivity index (χ3v) is 4.70. The first kappa shape index (κ1) is 17.3. The molecule has 0 saturated carbocycles. The number of anilines is 1. The fourth-order valence-corrected chi connectivity index (χ4v) is 3.55. The molecule has 1 aliphatic rings. The summed E-state index contributed by atoms with van der Waals surface area (Å²) in [6.45, 7) is 2.70. The maximum Gasteiger partial charge on any atom is 0.254 e. The third kappa shape index (κ3) is 3.06. The van der Waals surface area contributed by atoms with Crippen LogP contribution in [0, 0.1) is 6.92 Å². The van der Waals surface area contributed by atoms with E-state index in [1.54, 1.807) is 24.1 Å². The third-order valence-electron chi connectivity index (χ3n) is 4.70. The summed E-state index contributed by atoms with van der Waals surface area (Å²) in [5.41, 5.74) is 2.58.